The number of carboxylic acids is 1. The number of phenols is 1. The largest absolute Gasteiger partial charge is 0.507 e. The van der Waals surface area contributed by atoms with Crippen molar-refractivity contribution in [1.29, 1.82) is 0 Å². The smallest absolute Gasteiger partial charge is 0.339 e. The number of fused-ring (bicyclic) bond motifs is 1. The number of carbonyl (C=O) groups is 1. The maximum atomic E-state index is 12.7. The van der Waals surface area contributed by atoms with E-state index in [9.17, 15) is 14.0 Å². The molecule has 0 saturated heterocycles. The number of H-pyrrole nitrogens is 1. The molecule has 1 aromatic heterocycles. The first-order valence-electron chi connectivity index (χ1n) is 6.48. The normalized spacial score (nSPS) is 9.96. The lowest BCUT2D eigenvalue weighted by Crippen LogP contribution is -2.09. The summed E-state index contributed by atoms with van der Waals surface area (Å²) in [6, 6.07) is 12.2. The van der Waals surface area contributed by atoms with E-state index in [1.54, 1.807) is 24.3 Å². The maximum Gasteiger partial charge on any atom is 0.339 e. The number of rotatable bonds is 1. The second-order valence-electron chi connectivity index (χ2n) is 4.62. The summed E-state index contributed by atoms with van der Waals surface area (Å²) < 4.78 is 12.7. The molecule has 0 amide bonds. The first-order chi connectivity index (χ1) is 10.9. The minimum atomic E-state index is -1.16. The first-order valence-corrected chi connectivity index (χ1v) is 6.48. The summed E-state index contributed by atoms with van der Waals surface area (Å²) in [5.74, 6) is -2.21. The summed E-state index contributed by atoms with van der Waals surface area (Å²) in [5, 5.41) is 18.2. The van der Waals surface area contributed by atoms with Crippen LogP contribution in [0.25, 0.3) is 10.9 Å². The fraction of sp³-hybridized carbons (Fsp3) is 0. The number of aromatic carboxylic acids is 1. The van der Waals surface area contributed by atoms with Gasteiger partial charge >= 0.3 is 5.97 Å². The van der Waals surface area contributed by atoms with Gasteiger partial charge in [0.05, 0.1) is 0 Å². The summed E-state index contributed by atoms with van der Waals surface area (Å²) in [6.07, 6.45) is 0. The van der Waals surface area contributed by atoms with Crippen LogP contribution in [0.3, 0.4) is 0 Å². The van der Waals surface area contributed by atoms with Crippen molar-refractivity contribution in [2.45, 2.75) is 0 Å². The molecule has 0 fully saturated rings. The standard InChI is InChI=1S/C9H6FNO.C7H7NO3/c10-7-5-6-3-1-2-4-8(6)11-9(7)12;8-4-1-2-5(7(10)11)6(9)3-4/h1-5H,(H,11,12);1-3,9H,8H2,(H,10,11). The molecule has 3 aromatic rings. The molecule has 0 bridgehead atoms. The zero-order valence-corrected chi connectivity index (χ0v) is 11.8. The minimum absolute atomic E-state index is 0.140. The van der Waals surface area contributed by atoms with E-state index in [4.69, 9.17) is 15.9 Å². The molecule has 23 heavy (non-hydrogen) atoms. The van der Waals surface area contributed by atoms with Gasteiger partial charge in [-0.25, -0.2) is 9.18 Å². The maximum absolute atomic E-state index is 12.7. The van der Waals surface area contributed by atoms with Crippen molar-refractivity contribution < 1.29 is 19.4 Å². The molecule has 0 saturated carbocycles. The van der Waals surface area contributed by atoms with Crippen LogP contribution in [-0.4, -0.2) is 21.2 Å². The molecule has 0 aliphatic heterocycles. The van der Waals surface area contributed by atoms with E-state index < -0.39 is 17.3 Å². The zero-order valence-electron chi connectivity index (χ0n) is 11.8. The zero-order chi connectivity index (χ0) is 17.0. The van der Waals surface area contributed by atoms with Crippen LogP contribution < -0.4 is 11.3 Å². The first kappa shape index (κ1) is 16.0. The van der Waals surface area contributed by atoms with Gasteiger partial charge in [0.1, 0.15) is 11.3 Å². The Morgan fingerprint density at radius 3 is 2.48 bits per heavy atom. The molecule has 7 heteroatoms. The van der Waals surface area contributed by atoms with E-state index in [0.717, 1.165) is 0 Å². The van der Waals surface area contributed by atoms with Crippen molar-refractivity contribution in [2.24, 2.45) is 0 Å². The summed E-state index contributed by atoms with van der Waals surface area (Å²) in [4.78, 5) is 23.6. The average Bonchev–Trinajstić information content (AvgIpc) is 2.48. The third-order valence-electron chi connectivity index (χ3n) is 2.96. The van der Waals surface area contributed by atoms with Crippen LogP contribution >= 0.6 is 0 Å². The number of halogens is 1. The highest BCUT2D eigenvalue weighted by Gasteiger charge is 2.07. The number of aromatic nitrogens is 1. The molecule has 2 aromatic carbocycles. The Hall–Kier alpha value is -3.35. The van der Waals surface area contributed by atoms with E-state index >= 15 is 0 Å². The number of anilines is 1. The second-order valence-corrected chi connectivity index (χ2v) is 4.62. The van der Waals surface area contributed by atoms with Gasteiger partial charge in [-0.15, -0.1) is 0 Å². The van der Waals surface area contributed by atoms with Crippen LogP contribution in [-0.2, 0) is 0 Å². The Labute approximate surface area is 129 Å². The quantitative estimate of drug-likeness (QED) is 0.514. The third kappa shape index (κ3) is 3.85. The summed E-state index contributed by atoms with van der Waals surface area (Å²) >= 11 is 0. The van der Waals surface area contributed by atoms with Gasteiger partial charge < -0.3 is 20.9 Å². The summed E-state index contributed by atoms with van der Waals surface area (Å²) in [7, 11) is 0. The predicted molar refractivity (Wildman–Crippen MR) is 84.0 cm³/mol. The fourth-order valence-corrected chi connectivity index (χ4v) is 1.85. The lowest BCUT2D eigenvalue weighted by atomic mass is 10.2. The SMILES string of the molecule is Nc1ccc(C(=O)O)c(O)c1.O=c1[nH]c2ccccc2cc1F. The van der Waals surface area contributed by atoms with Crippen LogP contribution in [0.4, 0.5) is 10.1 Å². The third-order valence-corrected chi connectivity index (χ3v) is 2.96. The molecule has 0 aliphatic carbocycles. The van der Waals surface area contributed by atoms with Gasteiger partial charge in [0.25, 0.3) is 5.56 Å². The lowest BCUT2D eigenvalue weighted by Gasteiger charge is -1.98. The number of para-hydroxylation sites is 1. The van der Waals surface area contributed by atoms with Crippen LogP contribution in [0.5, 0.6) is 5.75 Å². The monoisotopic (exact) mass is 316 g/mol. The topological polar surface area (TPSA) is 116 Å². The Bertz CT molecular complexity index is 921. The molecular formula is C16H13FN2O4. The highest BCUT2D eigenvalue weighted by Crippen LogP contribution is 2.19. The van der Waals surface area contributed by atoms with E-state index in [2.05, 4.69) is 4.98 Å². The van der Waals surface area contributed by atoms with Crippen LogP contribution in [0.15, 0.2) is 53.3 Å². The fourth-order valence-electron chi connectivity index (χ4n) is 1.85. The van der Waals surface area contributed by atoms with Gasteiger partial charge in [0, 0.05) is 22.7 Å². The van der Waals surface area contributed by atoms with Crippen molar-refractivity contribution in [3.05, 3.63) is 70.3 Å². The number of pyridine rings is 1. The molecule has 5 N–H and O–H groups in total. The van der Waals surface area contributed by atoms with E-state index in [1.807, 2.05) is 0 Å². The second kappa shape index (κ2) is 6.61. The average molecular weight is 316 g/mol. The Morgan fingerprint density at radius 2 is 1.83 bits per heavy atom. The van der Waals surface area contributed by atoms with Crippen molar-refractivity contribution in [1.82, 2.24) is 4.98 Å². The van der Waals surface area contributed by atoms with Gasteiger partial charge in [-0.3, -0.25) is 4.79 Å². The van der Waals surface area contributed by atoms with Gasteiger partial charge in [-0.2, -0.15) is 0 Å². The minimum Gasteiger partial charge on any atom is -0.507 e. The van der Waals surface area contributed by atoms with Crippen LogP contribution in [0.1, 0.15) is 10.4 Å². The van der Waals surface area contributed by atoms with Gasteiger partial charge in [0.15, 0.2) is 5.82 Å². The molecule has 0 aliphatic rings. The Morgan fingerprint density at radius 1 is 1.13 bits per heavy atom. The number of nitrogen functional groups attached to an aromatic ring is 1. The summed E-state index contributed by atoms with van der Waals surface area (Å²) in [6.45, 7) is 0. The summed E-state index contributed by atoms with van der Waals surface area (Å²) in [5.41, 5.74) is 5.46. The highest BCUT2D eigenvalue weighted by molar-refractivity contribution is 5.91. The van der Waals surface area contributed by atoms with Crippen molar-refractivity contribution >= 4 is 22.6 Å². The van der Waals surface area contributed by atoms with Gasteiger partial charge in [-0.1, -0.05) is 18.2 Å². The van der Waals surface area contributed by atoms with Crippen molar-refractivity contribution in [3.8, 4) is 5.75 Å². The van der Waals surface area contributed by atoms with Crippen LogP contribution in [0, 0.1) is 5.82 Å². The Kier molecular flexibility index (Phi) is 4.61. The number of nitrogens with one attached hydrogen (secondary N) is 1. The van der Waals surface area contributed by atoms with Gasteiger partial charge in [0.2, 0.25) is 0 Å². The molecular weight excluding hydrogens is 303 g/mol. The van der Waals surface area contributed by atoms with Crippen molar-refractivity contribution in [2.75, 3.05) is 5.73 Å². The molecule has 1 heterocycles. The number of aromatic amines is 1. The molecule has 118 valence electrons. The highest BCUT2D eigenvalue weighted by atomic mass is 19.1. The van der Waals surface area contributed by atoms with Gasteiger partial charge in [-0.05, 0) is 24.3 Å². The number of benzene rings is 2. The number of nitrogens with two attached hydrogens (primary N) is 1. The molecule has 0 atom stereocenters. The molecule has 0 radical (unpaired) electrons. The predicted octanol–water partition coefficient (Wildman–Crippen LogP) is 2.34. The molecule has 3 rings (SSSR count). The number of carboxylic acid groups (broad SMARTS) is 1. The Balaban J connectivity index is 0.000000168. The molecule has 6 nitrogen and oxygen atoms in total. The number of aromatic hydroxyl groups is 1. The van der Waals surface area contributed by atoms with Crippen molar-refractivity contribution in [3.63, 3.8) is 0 Å². The number of hydrogen-bond acceptors (Lipinski definition) is 4. The molecule has 0 unspecified atom stereocenters. The number of hydrogen-bond donors (Lipinski definition) is 4. The van der Waals surface area contributed by atoms with E-state index in [1.165, 1.54) is 24.3 Å². The molecule has 0 spiro atoms. The van der Waals surface area contributed by atoms with Crippen LogP contribution in [0.2, 0.25) is 0 Å². The van der Waals surface area contributed by atoms with E-state index in [0.29, 0.717) is 16.6 Å². The van der Waals surface area contributed by atoms with E-state index in [-0.39, 0.29) is 11.3 Å². The lowest BCUT2D eigenvalue weighted by molar-refractivity contribution is 0.0694.